The van der Waals surface area contributed by atoms with Gasteiger partial charge in [-0.1, -0.05) is 45.9 Å². The summed E-state index contributed by atoms with van der Waals surface area (Å²) in [6.45, 7) is 11.4. The van der Waals surface area contributed by atoms with Gasteiger partial charge in [-0.05, 0) is 24.0 Å². The first-order valence-electron chi connectivity index (χ1n) is 8.95. The van der Waals surface area contributed by atoms with Gasteiger partial charge in [0.1, 0.15) is 4.90 Å². The van der Waals surface area contributed by atoms with E-state index in [1.807, 2.05) is 25.1 Å². The summed E-state index contributed by atoms with van der Waals surface area (Å²) in [4.78, 5) is 12.8. The summed E-state index contributed by atoms with van der Waals surface area (Å²) in [5, 5.41) is 7.08. The Kier molecular flexibility index (Phi) is 5.28. The fourth-order valence-corrected chi connectivity index (χ4v) is 3.87. The van der Waals surface area contributed by atoms with E-state index in [1.54, 1.807) is 4.68 Å². The van der Waals surface area contributed by atoms with Crippen LogP contribution in [0, 0.1) is 12.3 Å². The molecule has 1 aliphatic rings. The number of aromatic nitrogens is 2. The Labute approximate surface area is 162 Å². The predicted molar refractivity (Wildman–Crippen MR) is 105 cm³/mol. The number of hydrogen-bond acceptors (Lipinski definition) is 4. The lowest BCUT2D eigenvalue weighted by molar-refractivity contribution is 0.0972. The van der Waals surface area contributed by atoms with E-state index in [0.29, 0.717) is 23.9 Å². The van der Waals surface area contributed by atoms with Crippen molar-refractivity contribution in [1.29, 1.82) is 0 Å². The zero-order valence-electron chi connectivity index (χ0n) is 16.3. The molecule has 2 N–H and O–H groups in total. The molecular formula is C19H26N4O3S. The molecule has 27 heavy (non-hydrogen) atoms. The number of aryl methyl sites for hydroxylation is 1. The fraction of sp³-hybridized carbons (Fsp3) is 0.474. The van der Waals surface area contributed by atoms with Crippen LogP contribution in [-0.4, -0.2) is 26.6 Å². The highest BCUT2D eigenvalue weighted by molar-refractivity contribution is 7.83. The number of carbonyl (C=O) groups excluding carboxylic acids is 1. The zero-order chi connectivity index (χ0) is 19.8. The number of nitrogens with one attached hydrogen (secondary N) is 2. The van der Waals surface area contributed by atoms with Crippen molar-refractivity contribution in [2.75, 3.05) is 11.9 Å². The van der Waals surface area contributed by atoms with Crippen molar-refractivity contribution in [2.45, 2.75) is 52.0 Å². The van der Waals surface area contributed by atoms with Gasteiger partial charge >= 0.3 is 6.03 Å². The van der Waals surface area contributed by atoms with Crippen LogP contribution in [0.2, 0.25) is 0 Å². The van der Waals surface area contributed by atoms with Crippen LogP contribution >= 0.6 is 0 Å². The average molecular weight is 391 g/mol. The lowest BCUT2D eigenvalue weighted by Crippen LogP contribution is -2.34. The standard InChI is InChI=1S/C19H26N4O3S/c1-12(2)14-8-6-7-13(3)16(14)21-18(24)22-27(25)15-9-20-23-10-19(4,5)11-26-17(15)23/h6-9,12H,10-11H2,1-5H3,(H2,21,22,24). The minimum atomic E-state index is -1.76. The van der Waals surface area contributed by atoms with Gasteiger partial charge in [-0.2, -0.15) is 5.10 Å². The molecule has 1 aliphatic heterocycles. The Balaban J connectivity index is 1.73. The first kappa shape index (κ1) is 19.4. The second-order valence-corrected chi connectivity index (χ2v) is 9.12. The third-order valence-electron chi connectivity index (χ3n) is 4.49. The zero-order valence-corrected chi connectivity index (χ0v) is 17.1. The summed E-state index contributed by atoms with van der Waals surface area (Å²) in [6, 6.07) is 5.35. The number of carbonyl (C=O) groups is 1. The molecule has 3 rings (SSSR count). The Morgan fingerprint density at radius 1 is 1.37 bits per heavy atom. The molecule has 1 aromatic carbocycles. The van der Waals surface area contributed by atoms with Crippen molar-refractivity contribution in [1.82, 2.24) is 14.5 Å². The maximum absolute atomic E-state index is 12.6. The van der Waals surface area contributed by atoms with Gasteiger partial charge in [0.2, 0.25) is 5.88 Å². The van der Waals surface area contributed by atoms with Crippen LogP contribution < -0.4 is 14.8 Å². The highest BCUT2D eigenvalue weighted by Crippen LogP contribution is 2.32. The third-order valence-corrected chi connectivity index (χ3v) is 5.54. The molecule has 8 heteroatoms. The highest BCUT2D eigenvalue weighted by atomic mass is 32.2. The molecule has 1 unspecified atom stereocenters. The van der Waals surface area contributed by atoms with Crippen molar-refractivity contribution in [3.8, 4) is 5.88 Å². The molecule has 2 amide bonds. The molecule has 1 atom stereocenters. The molecule has 1 aromatic heterocycles. The van der Waals surface area contributed by atoms with Crippen LogP contribution in [-0.2, 0) is 17.5 Å². The monoisotopic (exact) mass is 390 g/mol. The summed E-state index contributed by atoms with van der Waals surface area (Å²) in [7, 11) is -1.76. The lowest BCUT2D eigenvalue weighted by Gasteiger charge is -2.30. The smallest absolute Gasteiger partial charge is 0.331 e. The summed E-state index contributed by atoms with van der Waals surface area (Å²) in [5.41, 5.74) is 2.69. The molecule has 0 saturated carbocycles. The minimum Gasteiger partial charge on any atom is -0.476 e. The minimum absolute atomic E-state index is 0.0410. The number of nitrogens with zero attached hydrogens (tertiary/aromatic N) is 2. The summed E-state index contributed by atoms with van der Waals surface area (Å²) >= 11 is 0. The van der Waals surface area contributed by atoms with Gasteiger partial charge in [0.05, 0.1) is 19.3 Å². The molecule has 7 nitrogen and oxygen atoms in total. The first-order valence-corrected chi connectivity index (χ1v) is 10.1. The van der Waals surface area contributed by atoms with Gasteiger partial charge in [0.25, 0.3) is 0 Å². The van der Waals surface area contributed by atoms with E-state index in [0.717, 1.165) is 16.8 Å². The van der Waals surface area contributed by atoms with Crippen molar-refractivity contribution in [2.24, 2.45) is 5.41 Å². The number of amides is 2. The lowest BCUT2D eigenvalue weighted by atomic mass is 9.94. The molecule has 146 valence electrons. The number of hydrogen-bond donors (Lipinski definition) is 2. The third kappa shape index (κ3) is 4.16. The van der Waals surface area contributed by atoms with E-state index in [4.69, 9.17) is 4.74 Å². The van der Waals surface area contributed by atoms with Crippen LogP contribution in [0.4, 0.5) is 10.5 Å². The van der Waals surface area contributed by atoms with E-state index in [2.05, 4.69) is 42.8 Å². The van der Waals surface area contributed by atoms with E-state index in [1.165, 1.54) is 6.20 Å². The van der Waals surface area contributed by atoms with Crippen molar-refractivity contribution < 1.29 is 13.7 Å². The summed E-state index contributed by atoms with van der Waals surface area (Å²) in [5.74, 6) is 0.705. The molecular weight excluding hydrogens is 364 g/mol. The van der Waals surface area contributed by atoms with E-state index in [9.17, 15) is 9.00 Å². The Morgan fingerprint density at radius 2 is 2.11 bits per heavy atom. The summed E-state index contributed by atoms with van der Waals surface area (Å²) in [6.07, 6.45) is 1.49. The van der Waals surface area contributed by atoms with Crippen LogP contribution in [0.25, 0.3) is 0 Å². The van der Waals surface area contributed by atoms with Crippen molar-refractivity contribution >= 4 is 22.7 Å². The average Bonchev–Trinajstić information content (AvgIpc) is 2.98. The van der Waals surface area contributed by atoms with Gasteiger partial charge < -0.3 is 10.1 Å². The molecule has 0 saturated heterocycles. The Bertz CT molecular complexity index is 889. The summed E-state index contributed by atoms with van der Waals surface area (Å²) < 4.78 is 22.6. The van der Waals surface area contributed by atoms with E-state index >= 15 is 0 Å². The molecule has 0 aliphatic carbocycles. The van der Waals surface area contributed by atoms with E-state index in [-0.39, 0.29) is 11.3 Å². The maximum atomic E-state index is 12.6. The first-order chi connectivity index (χ1) is 12.7. The SMILES string of the molecule is Cc1cccc(C(C)C)c1NC(=O)NS(=O)c1cnn2c1OCC(C)(C)C2. The van der Waals surface area contributed by atoms with Gasteiger partial charge in [-0.25, -0.2) is 13.7 Å². The van der Waals surface area contributed by atoms with Gasteiger partial charge in [0, 0.05) is 11.1 Å². The molecule has 0 radical (unpaired) electrons. The number of fused-ring (bicyclic) bond motifs is 1. The van der Waals surface area contributed by atoms with Crippen LogP contribution in [0.15, 0.2) is 29.3 Å². The van der Waals surface area contributed by atoms with Crippen LogP contribution in [0.1, 0.15) is 44.7 Å². The molecule has 0 spiro atoms. The second-order valence-electron chi connectivity index (χ2n) is 7.94. The van der Waals surface area contributed by atoms with E-state index < -0.39 is 17.0 Å². The number of anilines is 1. The number of ether oxygens (including phenoxy) is 1. The highest BCUT2D eigenvalue weighted by Gasteiger charge is 2.31. The quantitative estimate of drug-likeness (QED) is 0.836. The second kappa shape index (κ2) is 7.34. The molecule has 0 fully saturated rings. The topological polar surface area (TPSA) is 85.3 Å². The normalized spacial score (nSPS) is 16.4. The van der Waals surface area contributed by atoms with Crippen molar-refractivity contribution in [3.63, 3.8) is 0 Å². The number of para-hydroxylation sites is 1. The number of rotatable bonds is 4. The van der Waals surface area contributed by atoms with Gasteiger partial charge in [-0.15, -0.1) is 0 Å². The molecule has 2 heterocycles. The Hall–Kier alpha value is -2.35. The molecule has 0 bridgehead atoms. The number of benzene rings is 1. The largest absolute Gasteiger partial charge is 0.476 e. The van der Waals surface area contributed by atoms with Crippen molar-refractivity contribution in [3.05, 3.63) is 35.5 Å². The number of urea groups is 1. The molecule has 2 aromatic rings. The van der Waals surface area contributed by atoms with Gasteiger partial charge in [-0.3, -0.25) is 4.72 Å². The van der Waals surface area contributed by atoms with Crippen LogP contribution in [0.5, 0.6) is 5.88 Å². The Morgan fingerprint density at radius 3 is 2.81 bits per heavy atom. The van der Waals surface area contributed by atoms with Gasteiger partial charge in [0.15, 0.2) is 11.0 Å². The maximum Gasteiger partial charge on any atom is 0.331 e. The van der Waals surface area contributed by atoms with Crippen LogP contribution in [0.3, 0.4) is 0 Å². The fourth-order valence-electron chi connectivity index (χ4n) is 3.08. The predicted octanol–water partition coefficient (Wildman–Crippen LogP) is 3.58.